The number of rotatable bonds is 6. The highest BCUT2D eigenvalue weighted by molar-refractivity contribution is 6.32. The molecular formula is C17H21ClO2. The summed E-state index contributed by atoms with van der Waals surface area (Å²) in [7, 11) is 0. The molecule has 0 saturated heterocycles. The van der Waals surface area contributed by atoms with Gasteiger partial charge in [0.1, 0.15) is 0 Å². The van der Waals surface area contributed by atoms with E-state index in [0.717, 1.165) is 30.4 Å². The molecule has 0 spiro atoms. The molecule has 3 heteroatoms. The summed E-state index contributed by atoms with van der Waals surface area (Å²) in [5, 5.41) is 10.7. The molecule has 108 valence electrons. The summed E-state index contributed by atoms with van der Waals surface area (Å²) in [5.74, 6) is -0.340. The van der Waals surface area contributed by atoms with Gasteiger partial charge in [-0.25, -0.2) is 0 Å². The summed E-state index contributed by atoms with van der Waals surface area (Å²) >= 11 is 6.17. The van der Waals surface area contributed by atoms with Crippen LogP contribution in [-0.2, 0) is 6.42 Å². The van der Waals surface area contributed by atoms with Crippen LogP contribution in [0.4, 0.5) is 0 Å². The summed E-state index contributed by atoms with van der Waals surface area (Å²) in [6.45, 7) is 2.19. The lowest BCUT2D eigenvalue weighted by Gasteiger charge is -2.19. The fourth-order valence-electron chi connectivity index (χ4n) is 2.69. The van der Waals surface area contributed by atoms with Gasteiger partial charge in [-0.1, -0.05) is 56.3 Å². The van der Waals surface area contributed by atoms with Crippen LogP contribution < -0.4 is 0 Å². The van der Waals surface area contributed by atoms with Crippen LogP contribution in [0.2, 0.25) is 5.02 Å². The minimum Gasteiger partial charge on any atom is -0.504 e. The smallest absolute Gasteiger partial charge is 0.227 e. The van der Waals surface area contributed by atoms with Crippen LogP contribution >= 0.6 is 11.6 Å². The molecule has 1 aliphatic rings. The molecule has 1 aliphatic carbocycles. The predicted molar refractivity (Wildman–Crippen MR) is 82.5 cm³/mol. The lowest BCUT2D eigenvalue weighted by atomic mass is 9.87. The van der Waals surface area contributed by atoms with E-state index in [9.17, 15) is 9.90 Å². The Morgan fingerprint density at radius 1 is 1.20 bits per heavy atom. The molecule has 20 heavy (non-hydrogen) atoms. The Balaban J connectivity index is 2.06. The number of Topliss-reactive ketones (excluding diaryl/α,β-unsaturated/α-hetero) is 1. The highest BCUT2D eigenvalue weighted by Crippen LogP contribution is 2.32. The lowest BCUT2D eigenvalue weighted by molar-refractivity contribution is 0.0969. The van der Waals surface area contributed by atoms with Gasteiger partial charge >= 0.3 is 0 Å². The Morgan fingerprint density at radius 2 is 1.95 bits per heavy atom. The number of hydrogen-bond acceptors (Lipinski definition) is 2. The number of carbonyl (C=O) groups is 1. The van der Waals surface area contributed by atoms with Crippen molar-refractivity contribution >= 4 is 17.4 Å². The van der Waals surface area contributed by atoms with Gasteiger partial charge in [0.15, 0.2) is 5.76 Å². The molecular weight excluding hydrogens is 272 g/mol. The van der Waals surface area contributed by atoms with Crippen LogP contribution in [0.25, 0.3) is 0 Å². The van der Waals surface area contributed by atoms with Crippen molar-refractivity contribution in [3.05, 3.63) is 45.7 Å². The van der Waals surface area contributed by atoms with Crippen molar-refractivity contribution in [2.24, 2.45) is 0 Å². The van der Waals surface area contributed by atoms with Crippen molar-refractivity contribution < 1.29 is 9.90 Å². The van der Waals surface area contributed by atoms with Crippen LogP contribution in [0.15, 0.2) is 29.5 Å². The second-order valence-corrected chi connectivity index (χ2v) is 5.80. The number of allylic oxidation sites excluding steroid dienone is 2. The van der Waals surface area contributed by atoms with E-state index in [4.69, 9.17) is 11.6 Å². The maximum atomic E-state index is 12.1. The van der Waals surface area contributed by atoms with Gasteiger partial charge in [-0.15, -0.1) is 0 Å². The summed E-state index contributed by atoms with van der Waals surface area (Å²) < 4.78 is 0. The molecule has 0 bridgehead atoms. The first-order valence-electron chi connectivity index (χ1n) is 7.38. The van der Waals surface area contributed by atoms with E-state index in [1.807, 2.05) is 0 Å². The first-order valence-corrected chi connectivity index (χ1v) is 7.76. The number of ketones is 1. The molecule has 0 amide bonds. The zero-order valence-corrected chi connectivity index (χ0v) is 12.7. The molecule has 0 radical (unpaired) electrons. The molecule has 0 aliphatic heterocycles. The number of aliphatic hydroxyl groups is 1. The number of halogens is 1. The molecule has 0 aromatic heterocycles. The quantitative estimate of drug-likeness (QED) is 0.727. The molecule has 0 atom stereocenters. The molecule has 0 fully saturated rings. The standard InChI is InChI=1S/C17H21ClO2/c1-2-3-4-5-6-8-12-11-14-13(17(20)16(12)19)9-7-10-15(14)18/h7,9-10,19H,2-6,8,11H2,1H3. The zero-order valence-electron chi connectivity index (χ0n) is 11.9. The van der Waals surface area contributed by atoms with Crippen molar-refractivity contribution in [3.63, 3.8) is 0 Å². The SMILES string of the molecule is CCCCCCCC1=C(O)C(=O)c2cccc(Cl)c2C1. The normalized spacial score (nSPS) is 14.6. The molecule has 2 rings (SSSR count). The summed E-state index contributed by atoms with van der Waals surface area (Å²) in [6, 6.07) is 5.29. The average Bonchev–Trinajstić information content (AvgIpc) is 2.45. The van der Waals surface area contributed by atoms with Gasteiger partial charge in [-0.05, 0) is 36.5 Å². The average molecular weight is 293 g/mol. The highest BCUT2D eigenvalue weighted by Gasteiger charge is 2.26. The molecule has 2 nitrogen and oxygen atoms in total. The van der Waals surface area contributed by atoms with E-state index in [0.29, 0.717) is 17.0 Å². The van der Waals surface area contributed by atoms with E-state index in [-0.39, 0.29) is 11.5 Å². The van der Waals surface area contributed by atoms with Crippen LogP contribution in [0.1, 0.15) is 61.4 Å². The van der Waals surface area contributed by atoms with E-state index in [1.54, 1.807) is 18.2 Å². The molecule has 0 unspecified atom stereocenters. The Bertz CT molecular complexity index is 532. The zero-order chi connectivity index (χ0) is 14.5. The molecule has 1 aromatic rings. The van der Waals surface area contributed by atoms with Gasteiger partial charge in [0.25, 0.3) is 0 Å². The molecule has 0 heterocycles. The van der Waals surface area contributed by atoms with Gasteiger partial charge in [0, 0.05) is 10.6 Å². The predicted octanol–water partition coefficient (Wildman–Crippen LogP) is 5.25. The summed E-state index contributed by atoms with van der Waals surface area (Å²) in [5.41, 5.74) is 2.25. The topological polar surface area (TPSA) is 37.3 Å². The van der Waals surface area contributed by atoms with E-state index < -0.39 is 0 Å². The largest absolute Gasteiger partial charge is 0.504 e. The molecule has 1 aromatic carbocycles. The Hall–Kier alpha value is -1.28. The fraction of sp³-hybridized carbons (Fsp3) is 0.471. The monoisotopic (exact) mass is 292 g/mol. The van der Waals surface area contributed by atoms with Crippen molar-refractivity contribution in [3.8, 4) is 0 Å². The third-order valence-corrected chi connectivity index (χ3v) is 4.24. The third-order valence-electron chi connectivity index (χ3n) is 3.89. The first kappa shape index (κ1) is 15.1. The van der Waals surface area contributed by atoms with Crippen LogP contribution in [-0.4, -0.2) is 10.9 Å². The third kappa shape index (κ3) is 3.24. The first-order chi connectivity index (χ1) is 9.65. The Kier molecular flexibility index (Phi) is 5.24. The fourth-order valence-corrected chi connectivity index (χ4v) is 2.93. The van der Waals surface area contributed by atoms with Gasteiger partial charge in [-0.2, -0.15) is 0 Å². The van der Waals surface area contributed by atoms with Crippen molar-refractivity contribution in [1.29, 1.82) is 0 Å². The van der Waals surface area contributed by atoms with Gasteiger partial charge < -0.3 is 5.11 Å². The lowest BCUT2D eigenvalue weighted by Crippen LogP contribution is -2.16. The second kappa shape index (κ2) is 6.94. The summed E-state index contributed by atoms with van der Waals surface area (Å²) in [4.78, 5) is 12.1. The van der Waals surface area contributed by atoms with Crippen molar-refractivity contribution in [1.82, 2.24) is 0 Å². The number of carbonyl (C=O) groups excluding carboxylic acids is 1. The molecule has 1 N–H and O–H groups in total. The van der Waals surface area contributed by atoms with Gasteiger partial charge in [-0.3, -0.25) is 4.79 Å². The molecule has 0 saturated carbocycles. The van der Waals surface area contributed by atoms with Gasteiger partial charge in [0.2, 0.25) is 5.78 Å². The number of hydrogen-bond donors (Lipinski definition) is 1. The Morgan fingerprint density at radius 3 is 2.70 bits per heavy atom. The highest BCUT2D eigenvalue weighted by atomic mass is 35.5. The number of benzene rings is 1. The van der Waals surface area contributed by atoms with Crippen molar-refractivity contribution in [2.45, 2.75) is 51.9 Å². The van der Waals surface area contributed by atoms with E-state index in [2.05, 4.69) is 6.92 Å². The van der Waals surface area contributed by atoms with E-state index in [1.165, 1.54) is 19.3 Å². The minimum absolute atomic E-state index is 0.0599. The van der Waals surface area contributed by atoms with Crippen LogP contribution in [0, 0.1) is 0 Å². The van der Waals surface area contributed by atoms with Crippen molar-refractivity contribution in [2.75, 3.05) is 0 Å². The maximum Gasteiger partial charge on any atom is 0.227 e. The van der Waals surface area contributed by atoms with Gasteiger partial charge in [0.05, 0.1) is 0 Å². The minimum atomic E-state index is -0.280. The second-order valence-electron chi connectivity index (χ2n) is 5.39. The number of unbranched alkanes of at least 4 members (excludes halogenated alkanes) is 4. The number of aliphatic hydroxyl groups excluding tert-OH is 1. The maximum absolute atomic E-state index is 12.1. The summed E-state index contributed by atoms with van der Waals surface area (Å²) in [6.07, 6.45) is 7.23. The van der Waals surface area contributed by atoms with Crippen LogP contribution in [0.5, 0.6) is 0 Å². The Labute approximate surface area is 125 Å². The van der Waals surface area contributed by atoms with Crippen LogP contribution in [0.3, 0.4) is 0 Å². The van der Waals surface area contributed by atoms with E-state index >= 15 is 0 Å². The number of fused-ring (bicyclic) bond motifs is 1.